The Morgan fingerprint density at radius 2 is 1.81 bits per heavy atom. The molecule has 0 aromatic rings. The minimum absolute atomic E-state index is 0.171. The smallest absolute Gasteiger partial charge is 0.138 e. The van der Waals surface area contributed by atoms with E-state index in [1.54, 1.807) is 5.57 Å². The molecule has 1 unspecified atom stereocenters. The van der Waals surface area contributed by atoms with Crippen molar-refractivity contribution in [1.29, 1.82) is 0 Å². The first-order valence-corrected chi connectivity index (χ1v) is 13.4. The van der Waals surface area contributed by atoms with E-state index in [0.717, 1.165) is 31.8 Å². The van der Waals surface area contributed by atoms with E-state index < -0.39 is 0 Å². The fourth-order valence-electron chi connectivity index (χ4n) is 9.76. The maximum absolute atomic E-state index is 12.8. The van der Waals surface area contributed by atoms with E-state index in [0.29, 0.717) is 40.5 Å². The van der Waals surface area contributed by atoms with Gasteiger partial charge in [0, 0.05) is 11.8 Å². The third-order valence-electron chi connectivity index (χ3n) is 11.8. The Morgan fingerprint density at radius 1 is 1.06 bits per heavy atom. The third-order valence-corrected chi connectivity index (χ3v) is 11.8. The molecule has 0 spiro atoms. The summed E-state index contributed by atoms with van der Waals surface area (Å²) in [5, 5.41) is 0. The number of carbonyl (C=O) groups is 1. The van der Waals surface area contributed by atoms with Gasteiger partial charge < -0.3 is 4.74 Å². The predicted molar refractivity (Wildman–Crippen MR) is 131 cm³/mol. The van der Waals surface area contributed by atoms with Crippen LogP contribution in [0, 0.1) is 45.3 Å². The molecule has 1 saturated heterocycles. The highest BCUT2D eigenvalue weighted by Crippen LogP contribution is 2.73. The summed E-state index contributed by atoms with van der Waals surface area (Å²) in [6, 6.07) is 0. The second kappa shape index (κ2) is 7.30. The van der Waals surface area contributed by atoms with Crippen molar-refractivity contribution in [3.8, 4) is 0 Å². The van der Waals surface area contributed by atoms with Crippen LogP contribution in [0.25, 0.3) is 0 Å². The van der Waals surface area contributed by atoms with Crippen LogP contribution >= 0.6 is 0 Å². The number of ketones is 1. The van der Waals surface area contributed by atoms with Crippen molar-refractivity contribution in [3.63, 3.8) is 0 Å². The molecule has 0 radical (unpaired) electrons. The van der Waals surface area contributed by atoms with E-state index in [9.17, 15) is 4.79 Å². The number of hydrogen-bond acceptors (Lipinski definition) is 2. The zero-order valence-corrected chi connectivity index (χ0v) is 21.7. The molecular weight excluding hydrogens is 392 g/mol. The molecule has 0 amide bonds. The van der Waals surface area contributed by atoms with Gasteiger partial charge in [0.15, 0.2) is 0 Å². The van der Waals surface area contributed by atoms with Crippen LogP contribution in [0.3, 0.4) is 0 Å². The molecule has 5 aliphatic rings. The van der Waals surface area contributed by atoms with E-state index >= 15 is 0 Å². The van der Waals surface area contributed by atoms with E-state index in [1.807, 2.05) is 0 Å². The van der Waals surface area contributed by atoms with Crippen LogP contribution in [-0.2, 0) is 9.53 Å². The zero-order valence-electron chi connectivity index (χ0n) is 21.7. The van der Waals surface area contributed by atoms with Gasteiger partial charge in [-0.2, -0.15) is 0 Å². The highest BCUT2D eigenvalue weighted by Gasteiger charge is 2.65. The summed E-state index contributed by atoms with van der Waals surface area (Å²) in [5.41, 5.74) is 3.98. The van der Waals surface area contributed by atoms with Gasteiger partial charge in [0.1, 0.15) is 5.78 Å². The van der Waals surface area contributed by atoms with Crippen molar-refractivity contribution < 1.29 is 9.53 Å². The molecule has 8 atom stereocenters. The highest BCUT2D eigenvalue weighted by molar-refractivity contribution is 5.85. The summed E-state index contributed by atoms with van der Waals surface area (Å²) in [6.45, 7) is 17.6. The first kappa shape index (κ1) is 22.9. The number of rotatable bonds is 2. The molecule has 0 aromatic heterocycles. The number of carbonyl (C=O) groups excluding carboxylic acids is 1. The van der Waals surface area contributed by atoms with Crippen molar-refractivity contribution in [2.45, 2.75) is 106 Å². The minimum atomic E-state index is -0.171. The van der Waals surface area contributed by atoms with Gasteiger partial charge in [0.2, 0.25) is 0 Å². The number of allylic oxidation sites excluding steroid dienone is 3. The summed E-state index contributed by atoms with van der Waals surface area (Å²) < 4.78 is 6.25. The Bertz CT molecular complexity index is 860. The van der Waals surface area contributed by atoms with Gasteiger partial charge in [0.25, 0.3) is 0 Å². The van der Waals surface area contributed by atoms with Crippen LogP contribution in [0.5, 0.6) is 0 Å². The Morgan fingerprint density at radius 3 is 2.53 bits per heavy atom. The monoisotopic (exact) mass is 438 g/mol. The zero-order chi connectivity index (χ0) is 23.1. The predicted octanol–water partition coefficient (Wildman–Crippen LogP) is 7.53. The molecule has 1 heterocycles. The summed E-state index contributed by atoms with van der Waals surface area (Å²) in [6.07, 6.45) is 14.9. The average Bonchev–Trinajstić information content (AvgIpc) is 3.26. The van der Waals surface area contributed by atoms with Gasteiger partial charge >= 0.3 is 0 Å². The topological polar surface area (TPSA) is 26.3 Å². The Balaban J connectivity index is 1.45. The molecule has 0 bridgehead atoms. The van der Waals surface area contributed by atoms with E-state index in [-0.39, 0.29) is 10.8 Å². The molecule has 5 rings (SSSR count). The number of ether oxygens (including phenoxy) is 1. The summed E-state index contributed by atoms with van der Waals surface area (Å²) >= 11 is 0. The lowest BCUT2D eigenvalue weighted by atomic mass is 9.41. The van der Waals surface area contributed by atoms with Crippen molar-refractivity contribution in [2.24, 2.45) is 45.3 Å². The average molecular weight is 439 g/mol. The van der Waals surface area contributed by atoms with Crippen LogP contribution in [0.1, 0.15) is 99.8 Å². The molecular formula is C30H46O2. The van der Waals surface area contributed by atoms with E-state index in [2.05, 4.69) is 60.6 Å². The lowest BCUT2D eigenvalue weighted by Gasteiger charge is -2.63. The Hall–Kier alpha value is -0.890. The van der Waals surface area contributed by atoms with Crippen LogP contribution in [0.2, 0.25) is 0 Å². The van der Waals surface area contributed by atoms with Crippen LogP contribution < -0.4 is 0 Å². The fourth-order valence-corrected chi connectivity index (χ4v) is 9.76. The molecule has 1 aliphatic heterocycles. The molecule has 2 nitrogen and oxygen atoms in total. The van der Waals surface area contributed by atoms with Gasteiger partial charge in [-0.3, -0.25) is 4.79 Å². The molecule has 32 heavy (non-hydrogen) atoms. The molecule has 178 valence electrons. The first-order chi connectivity index (χ1) is 14.9. The maximum atomic E-state index is 12.8. The third kappa shape index (κ3) is 2.96. The largest absolute Gasteiger partial charge is 0.374 e. The SMILES string of the molecule is CC(C)=C[C@@H]1C[C@@H]([C@@H]2CC[C@]3(C)C4=CCC5C(C)(C)C(=O)CC[C@]5(C)[C@H]4CC[C@@]23C)CO1. The molecule has 4 fully saturated rings. The maximum Gasteiger partial charge on any atom is 0.138 e. The standard InChI is InChI=1S/C30H46O2/c1-19(2)16-21-17-20(18-32-21)22-10-14-30(7)24-8-9-25-27(3,4)26(31)12-13-28(25,5)23(24)11-15-29(22,30)6/h8,16,20-23,25H,9-15,17-18H2,1-7H3/t20-,21-,22+,23+,25?,28-,29+,30-/m1/s1. The second-order valence-electron chi connectivity index (χ2n) is 13.7. The van der Waals surface area contributed by atoms with Gasteiger partial charge in [-0.05, 0) is 98.7 Å². The molecule has 0 aromatic carbocycles. The first-order valence-electron chi connectivity index (χ1n) is 13.4. The quantitative estimate of drug-likeness (QED) is 0.416. The van der Waals surface area contributed by atoms with Crippen molar-refractivity contribution in [2.75, 3.05) is 6.61 Å². The number of fused-ring (bicyclic) bond motifs is 5. The number of hydrogen-bond donors (Lipinski definition) is 0. The lowest BCUT2D eigenvalue weighted by Crippen LogP contribution is -2.57. The fraction of sp³-hybridized carbons (Fsp3) is 0.833. The Kier molecular flexibility index (Phi) is 5.22. The van der Waals surface area contributed by atoms with E-state index in [4.69, 9.17) is 4.74 Å². The molecule has 0 N–H and O–H groups in total. The summed E-state index contributed by atoms with van der Waals surface area (Å²) in [7, 11) is 0. The van der Waals surface area contributed by atoms with E-state index in [1.165, 1.54) is 37.7 Å². The summed E-state index contributed by atoms with van der Waals surface area (Å²) in [5.74, 6) is 3.15. The summed E-state index contributed by atoms with van der Waals surface area (Å²) in [4.78, 5) is 12.8. The minimum Gasteiger partial charge on any atom is -0.374 e. The van der Waals surface area contributed by atoms with Crippen molar-refractivity contribution in [1.82, 2.24) is 0 Å². The van der Waals surface area contributed by atoms with Gasteiger partial charge in [-0.1, -0.05) is 57.9 Å². The van der Waals surface area contributed by atoms with Gasteiger partial charge in [0.05, 0.1) is 12.7 Å². The lowest BCUT2D eigenvalue weighted by molar-refractivity contribution is -0.146. The van der Waals surface area contributed by atoms with Crippen LogP contribution in [0.15, 0.2) is 23.3 Å². The molecule has 4 aliphatic carbocycles. The van der Waals surface area contributed by atoms with Crippen LogP contribution in [0.4, 0.5) is 0 Å². The highest BCUT2D eigenvalue weighted by atomic mass is 16.5. The van der Waals surface area contributed by atoms with Gasteiger partial charge in [-0.25, -0.2) is 0 Å². The normalized spacial score (nSPS) is 49.7. The van der Waals surface area contributed by atoms with Gasteiger partial charge in [-0.15, -0.1) is 0 Å². The Labute approximate surface area is 196 Å². The molecule has 3 saturated carbocycles. The number of Topliss-reactive ketones (excluding diaryl/α,β-unsaturated/α-hetero) is 1. The van der Waals surface area contributed by atoms with Crippen molar-refractivity contribution in [3.05, 3.63) is 23.3 Å². The van der Waals surface area contributed by atoms with Crippen molar-refractivity contribution >= 4 is 5.78 Å². The molecule has 2 heteroatoms. The van der Waals surface area contributed by atoms with Crippen LogP contribution in [-0.4, -0.2) is 18.5 Å². The second-order valence-corrected chi connectivity index (χ2v) is 13.7.